The molecule has 0 bridgehead atoms. The Morgan fingerprint density at radius 2 is 0.976 bits per heavy atom. The van der Waals surface area contributed by atoms with E-state index >= 15 is 0 Å². The van der Waals surface area contributed by atoms with Crippen molar-refractivity contribution in [1.29, 1.82) is 0 Å². The minimum atomic E-state index is -0.0810. The monoisotopic (exact) mass is 1250 g/mol. The molecule has 5 nitrogen and oxygen atoms in total. The molecular formula is C76H68N4OPt-2. The van der Waals surface area contributed by atoms with E-state index in [0.29, 0.717) is 11.5 Å². The SMILES string of the molecule is CC(C)(C)c1ccc(-c2cccc3c2-[n+]2[c-]n(-c4[c-]c(Oc5[c-]c6c(cc5)c5ccccc5n6-c5cc(C(C)(C)C)ccn5)ccc4)c4cc(-c5cc(C(C)(C)C)cc(C(C)(C)C)c5)cc(c42)-c2ccccc2-c2ccccc2-3)cc1.[Pt]. The molecule has 0 N–H and O–H groups in total. The maximum atomic E-state index is 6.91. The largest absolute Gasteiger partial charge is 0.510 e. The van der Waals surface area contributed by atoms with Crippen LogP contribution in [0, 0.1) is 18.5 Å². The van der Waals surface area contributed by atoms with Gasteiger partial charge in [-0.15, -0.1) is 29.7 Å². The van der Waals surface area contributed by atoms with E-state index in [2.05, 4.69) is 291 Å². The van der Waals surface area contributed by atoms with E-state index in [0.717, 1.165) is 89.0 Å². The van der Waals surface area contributed by atoms with Crippen molar-refractivity contribution in [3.63, 3.8) is 0 Å². The number of fused-ring (bicyclic) bond motifs is 10. The molecule has 1 aliphatic rings. The first-order valence-electron chi connectivity index (χ1n) is 28.4. The molecule has 1 aliphatic heterocycles. The Morgan fingerprint density at radius 3 is 1.63 bits per heavy atom. The molecule has 0 fully saturated rings. The Balaban J connectivity index is 0.00000665. The molecule has 3 aromatic heterocycles. The summed E-state index contributed by atoms with van der Waals surface area (Å²) < 4.78 is 13.7. The van der Waals surface area contributed by atoms with Gasteiger partial charge in [-0.2, -0.15) is 18.2 Å². The maximum absolute atomic E-state index is 6.91. The number of imidazole rings is 1. The number of ether oxygens (including phenoxy) is 1. The molecule has 0 spiro atoms. The zero-order valence-electron chi connectivity index (χ0n) is 49.0. The van der Waals surface area contributed by atoms with Gasteiger partial charge in [-0.05, 0) is 135 Å². The third-order valence-electron chi connectivity index (χ3n) is 16.4. The summed E-state index contributed by atoms with van der Waals surface area (Å²) in [6, 6.07) is 76.4. The minimum absolute atomic E-state index is 0. The molecule has 0 atom stereocenters. The van der Waals surface area contributed by atoms with Crippen molar-refractivity contribution < 1.29 is 30.4 Å². The van der Waals surface area contributed by atoms with Gasteiger partial charge in [-0.25, -0.2) is 4.98 Å². The van der Waals surface area contributed by atoms with Crippen LogP contribution in [-0.4, -0.2) is 14.1 Å². The smallest absolute Gasteiger partial charge is 0.268 e. The van der Waals surface area contributed by atoms with Crippen LogP contribution in [-0.2, 0) is 42.7 Å². The molecule has 9 aromatic carbocycles. The number of aromatic nitrogens is 4. The van der Waals surface area contributed by atoms with Gasteiger partial charge in [0.25, 0.3) is 6.33 Å². The fourth-order valence-corrected chi connectivity index (χ4v) is 11.8. The molecule has 6 heteroatoms. The Hall–Kier alpha value is -8.11. The summed E-state index contributed by atoms with van der Waals surface area (Å²) in [5.74, 6) is 1.98. The first kappa shape index (κ1) is 54.5. The quantitative estimate of drug-likeness (QED) is 0.123. The van der Waals surface area contributed by atoms with Gasteiger partial charge in [-0.3, -0.25) is 4.57 Å². The zero-order valence-corrected chi connectivity index (χ0v) is 51.3. The van der Waals surface area contributed by atoms with Gasteiger partial charge in [0.1, 0.15) is 5.82 Å². The van der Waals surface area contributed by atoms with Gasteiger partial charge >= 0.3 is 0 Å². The summed E-state index contributed by atoms with van der Waals surface area (Å²) in [5, 5.41) is 2.21. The van der Waals surface area contributed by atoms with Crippen molar-refractivity contribution in [3.05, 3.63) is 235 Å². The molecule has 82 heavy (non-hydrogen) atoms. The second kappa shape index (κ2) is 20.1. The third kappa shape index (κ3) is 9.61. The summed E-state index contributed by atoms with van der Waals surface area (Å²) in [5.41, 5.74) is 22.1. The number of rotatable bonds is 6. The summed E-state index contributed by atoms with van der Waals surface area (Å²) >= 11 is 0. The molecule has 0 radical (unpaired) electrons. The molecular weight excluding hydrogens is 1180 g/mol. The number of benzene rings is 9. The molecule has 0 unspecified atom stereocenters. The molecule has 410 valence electrons. The number of para-hydroxylation sites is 2. The van der Waals surface area contributed by atoms with Gasteiger partial charge in [0.05, 0.1) is 16.7 Å². The fourth-order valence-electron chi connectivity index (χ4n) is 11.8. The summed E-state index contributed by atoms with van der Waals surface area (Å²) in [6.45, 7) is 27.4. The Bertz CT molecular complexity index is 4440. The predicted molar refractivity (Wildman–Crippen MR) is 336 cm³/mol. The Kier molecular flexibility index (Phi) is 13.4. The van der Waals surface area contributed by atoms with Crippen LogP contribution in [0.15, 0.2) is 194 Å². The van der Waals surface area contributed by atoms with Crippen LogP contribution in [0.1, 0.15) is 105 Å². The molecule has 12 aromatic rings. The van der Waals surface area contributed by atoms with Crippen molar-refractivity contribution in [3.8, 4) is 84.3 Å². The van der Waals surface area contributed by atoms with Crippen LogP contribution >= 0.6 is 0 Å². The Morgan fingerprint density at radius 1 is 0.415 bits per heavy atom. The number of pyridine rings is 1. The standard InChI is InChI=1S/C76H68N4O.Pt/c1-73(2,3)51-33-31-48(32-34-51)58-28-20-29-65-61-25-15-13-23-59(61)60-24-14-16-26-62(60)66-41-50(49-39-53(75(7,8)9)43-54(40-49)76(10,11)12)42-69-72(66)79(71(58)65)47-78(69)55-21-19-22-56(45-55)81-57-35-36-64-63-27-17-18-30-67(63)80(68(64)46-57)70-44-52(37-38-77-70)74(4,5)6;/h13-44H,1-12H3;/q-2;. The average molecular weight is 1250 g/mol. The van der Waals surface area contributed by atoms with Gasteiger partial charge < -0.3 is 13.9 Å². The van der Waals surface area contributed by atoms with Crippen LogP contribution < -0.4 is 9.30 Å². The molecule has 13 rings (SSSR count). The first-order valence-corrected chi connectivity index (χ1v) is 28.4. The van der Waals surface area contributed by atoms with Crippen molar-refractivity contribution in [2.75, 3.05) is 0 Å². The van der Waals surface area contributed by atoms with Gasteiger partial charge in [-0.1, -0.05) is 222 Å². The van der Waals surface area contributed by atoms with Gasteiger partial charge in [0.2, 0.25) is 0 Å². The first-order chi connectivity index (χ1) is 38.7. The second-order valence-electron chi connectivity index (χ2n) is 26.2. The van der Waals surface area contributed by atoms with E-state index in [1.807, 2.05) is 18.3 Å². The van der Waals surface area contributed by atoms with Crippen molar-refractivity contribution >= 4 is 32.8 Å². The van der Waals surface area contributed by atoms with Gasteiger partial charge in [0, 0.05) is 44.3 Å². The molecule has 0 saturated carbocycles. The van der Waals surface area contributed by atoms with E-state index in [1.54, 1.807) is 0 Å². The topological polar surface area (TPSA) is 35.9 Å². The van der Waals surface area contributed by atoms with Gasteiger partial charge in [0.15, 0.2) is 0 Å². The van der Waals surface area contributed by atoms with E-state index < -0.39 is 0 Å². The molecule has 0 aliphatic carbocycles. The number of nitrogens with zero attached hydrogens (tertiary/aromatic N) is 4. The summed E-state index contributed by atoms with van der Waals surface area (Å²) in [6.07, 6.45) is 5.97. The van der Waals surface area contributed by atoms with E-state index in [4.69, 9.17) is 9.72 Å². The number of hydrogen-bond donors (Lipinski definition) is 0. The van der Waals surface area contributed by atoms with Crippen molar-refractivity contribution in [1.82, 2.24) is 14.1 Å². The van der Waals surface area contributed by atoms with Crippen LogP contribution in [0.3, 0.4) is 0 Å². The van der Waals surface area contributed by atoms with E-state index in [9.17, 15) is 0 Å². The van der Waals surface area contributed by atoms with Crippen LogP contribution in [0.4, 0.5) is 0 Å². The van der Waals surface area contributed by atoms with E-state index in [-0.39, 0.29) is 42.7 Å². The molecule has 4 heterocycles. The number of hydrogen-bond acceptors (Lipinski definition) is 2. The average Bonchev–Trinajstić information content (AvgIpc) is 3.19. The predicted octanol–water partition coefficient (Wildman–Crippen LogP) is 19.4. The van der Waals surface area contributed by atoms with Crippen molar-refractivity contribution in [2.24, 2.45) is 0 Å². The molecule has 0 saturated heterocycles. The fraction of sp³-hybridized carbons (Fsp3) is 0.211. The zero-order chi connectivity index (χ0) is 56.3. The summed E-state index contributed by atoms with van der Waals surface area (Å²) in [7, 11) is 0. The van der Waals surface area contributed by atoms with Crippen LogP contribution in [0.25, 0.3) is 106 Å². The summed E-state index contributed by atoms with van der Waals surface area (Å²) in [4.78, 5) is 4.93. The van der Waals surface area contributed by atoms with Crippen LogP contribution in [0.2, 0.25) is 0 Å². The maximum Gasteiger partial charge on any atom is 0.268 e. The third-order valence-corrected chi connectivity index (χ3v) is 16.4. The second-order valence-corrected chi connectivity index (χ2v) is 26.2. The van der Waals surface area contributed by atoms with E-state index in [1.165, 1.54) is 38.9 Å². The van der Waals surface area contributed by atoms with Crippen molar-refractivity contribution in [2.45, 2.75) is 105 Å². The molecule has 0 amide bonds. The normalized spacial score (nSPS) is 12.5. The minimum Gasteiger partial charge on any atom is -0.510 e. The Labute approximate surface area is 498 Å². The van der Waals surface area contributed by atoms with Crippen LogP contribution in [0.5, 0.6) is 11.5 Å².